The van der Waals surface area contributed by atoms with Crippen LogP contribution in [0.15, 0.2) is 18.2 Å². The number of nitrogens with two attached hydrogens (primary N) is 1. The number of benzene rings is 1. The Labute approximate surface area is 104 Å². The first kappa shape index (κ1) is 11.2. The zero-order valence-electron chi connectivity index (χ0n) is 9.73. The minimum absolute atomic E-state index is 0.0860. The highest BCUT2D eigenvalue weighted by Gasteiger charge is 2.46. The zero-order chi connectivity index (χ0) is 12.9. The molecule has 2 fully saturated rings. The molecule has 1 saturated heterocycles. The van der Waals surface area contributed by atoms with E-state index in [1.807, 2.05) is 0 Å². The van der Waals surface area contributed by atoms with Crippen molar-refractivity contribution in [2.24, 2.45) is 11.8 Å². The molecule has 1 aromatic rings. The molecule has 2 atom stereocenters. The summed E-state index contributed by atoms with van der Waals surface area (Å²) < 4.78 is 13.0. The second-order valence-corrected chi connectivity index (χ2v) is 4.92. The van der Waals surface area contributed by atoms with Crippen molar-refractivity contribution in [3.8, 4) is 0 Å². The van der Waals surface area contributed by atoms with Crippen molar-refractivity contribution in [3.63, 3.8) is 0 Å². The van der Waals surface area contributed by atoms with Crippen LogP contribution in [0.3, 0.4) is 0 Å². The van der Waals surface area contributed by atoms with Gasteiger partial charge in [0.15, 0.2) is 0 Å². The summed E-state index contributed by atoms with van der Waals surface area (Å²) in [4.78, 5) is 25.5. The number of carbonyl (C=O) groups excluding carboxylic acids is 2. The number of halogens is 1. The highest BCUT2D eigenvalue weighted by atomic mass is 19.1. The molecule has 1 aliphatic carbocycles. The number of amides is 2. The van der Waals surface area contributed by atoms with E-state index >= 15 is 0 Å². The summed E-state index contributed by atoms with van der Waals surface area (Å²) in [6.07, 6.45) is 2.16. The van der Waals surface area contributed by atoms with Gasteiger partial charge < -0.3 is 5.73 Å². The minimum Gasteiger partial charge on any atom is -0.397 e. The van der Waals surface area contributed by atoms with Crippen molar-refractivity contribution in [3.05, 3.63) is 24.0 Å². The van der Waals surface area contributed by atoms with E-state index in [1.165, 1.54) is 12.1 Å². The van der Waals surface area contributed by atoms with Crippen LogP contribution >= 0.6 is 0 Å². The topological polar surface area (TPSA) is 63.4 Å². The summed E-state index contributed by atoms with van der Waals surface area (Å²) in [5.41, 5.74) is 6.13. The smallest absolute Gasteiger partial charge is 0.236 e. The van der Waals surface area contributed by atoms with E-state index in [9.17, 15) is 14.0 Å². The van der Waals surface area contributed by atoms with Crippen molar-refractivity contribution in [2.75, 3.05) is 10.6 Å². The molecule has 3 rings (SSSR count). The van der Waals surface area contributed by atoms with Gasteiger partial charge in [0.2, 0.25) is 11.8 Å². The highest BCUT2D eigenvalue weighted by Crippen LogP contribution is 2.41. The van der Waals surface area contributed by atoms with Gasteiger partial charge >= 0.3 is 0 Å². The monoisotopic (exact) mass is 248 g/mol. The summed E-state index contributed by atoms with van der Waals surface area (Å²) in [5, 5.41) is 0. The molecule has 2 amide bonds. The molecule has 1 aromatic carbocycles. The number of nitrogen functional groups attached to an aromatic ring is 1. The van der Waals surface area contributed by atoms with E-state index in [0.717, 1.165) is 23.8 Å². The average molecular weight is 248 g/mol. The molecule has 0 spiro atoms. The fourth-order valence-corrected chi connectivity index (χ4v) is 2.87. The molecule has 4 nitrogen and oxygen atoms in total. The normalized spacial score (nSPS) is 26.8. The lowest BCUT2D eigenvalue weighted by atomic mass is 9.96. The van der Waals surface area contributed by atoms with Crippen LogP contribution in [-0.2, 0) is 9.59 Å². The zero-order valence-corrected chi connectivity index (χ0v) is 9.73. The van der Waals surface area contributed by atoms with Crippen molar-refractivity contribution < 1.29 is 14.0 Å². The van der Waals surface area contributed by atoms with Crippen LogP contribution in [0.25, 0.3) is 0 Å². The highest BCUT2D eigenvalue weighted by molar-refractivity contribution is 6.19. The van der Waals surface area contributed by atoms with Gasteiger partial charge in [-0.2, -0.15) is 0 Å². The number of fused-ring (bicyclic) bond motifs is 2. The van der Waals surface area contributed by atoms with Gasteiger partial charge in [0.05, 0.1) is 11.4 Å². The van der Waals surface area contributed by atoms with Gasteiger partial charge in [-0.1, -0.05) is 0 Å². The molecule has 1 heterocycles. The maximum atomic E-state index is 13.0. The van der Waals surface area contributed by atoms with Crippen molar-refractivity contribution >= 4 is 23.2 Å². The average Bonchev–Trinajstić information content (AvgIpc) is 2.76. The van der Waals surface area contributed by atoms with Crippen molar-refractivity contribution in [1.29, 1.82) is 0 Å². The Hall–Kier alpha value is -1.91. The van der Waals surface area contributed by atoms with Gasteiger partial charge in [0.25, 0.3) is 0 Å². The molecule has 0 radical (unpaired) electrons. The summed E-state index contributed by atoms with van der Waals surface area (Å²) in [5.74, 6) is -1.05. The van der Waals surface area contributed by atoms with E-state index in [4.69, 9.17) is 5.73 Å². The third-order valence-corrected chi connectivity index (χ3v) is 3.80. The minimum atomic E-state index is -0.476. The van der Waals surface area contributed by atoms with Gasteiger partial charge in [-0.05, 0) is 37.5 Å². The van der Waals surface area contributed by atoms with Gasteiger partial charge in [-0.25, -0.2) is 9.29 Å². The number of rotatable bonds is 1. The Morgan fingerprint density at radius 2 is 1.78 bits per heavy atom. The van der Waals surface area contributed by atoms with E-state index < -0.39 is 5.82 Å². The molecule has 1 saturated carbocycles. The van der Waals surface area contributed by atoms with Crippen LogP contribution in [-0.4, -0.2) is 11.8 Å². The molecule has 2 N–H and O–H groups in total. The van der Waals surface area contributed by atoms with Crippen LogP contribution in [0.5, 0.6) is 0 Å². The molecule has 2 aliphatic rings. The maximum Gasteiger partial charge on any atom is 0.236 e. The number of piperidine rings is 1. The van der Waals surface area contributed by atoms with Gasteiger partial charge in [-0.15, -0.1) is 0 Å². The van der Waals surface area contributed by atoms with Crippen molar-refractivity contribution in [2.45, 2.75) is 19.3 Å². The first-order chi connectivity index (χ1) is 8.58. The summed E-state index contributed by atoms with van der Waals surface area (Å²) in [7, 11) is 0. The largest absolute Gasteiger partial charge is 0.397 e. The fraction of sp³-hybridized carbons (Fsp3) is 0.385. The second-order valence-electron chi connectivity index (χ2n) is 4.92. The number of anilines is 2. The SMILES string of the molecule is Nc1cc(F)ccc1N1C(=O)C2CCC(C2)C1=O. The van der Waals surface area contributed by atoms with E-state index in [-0.39, 0.29) is 29.3 Å². The van der Waals surface area contributed by atoms with Gasteiger partial charge in [0, 0.05) is 11.8 Å². The summed E-state index contributed by atoms with van der Waals surface area (Å²) in [6.45, 7) is 0. The summed E-state index contributed by atoms with van der Waals surface area (Å²) >= 11 is 0. The third kappa shape index (κ3) is 1.50. The lowest BCUT2D eigenvalue weighted by Gasteiger charge is -2.30. The van der Waals surface area contributed by atoms with Crippen LogP contribution in [0, 0.1) is 17.7 Å². The molecule has 2 unspecified atom stereocenters. The Morgan fingerprint density at radius 3 is 2.33 bits per heavy atom. The number of nitrogens with zero attached hydrogens (tertiary/aromatic N) is 1. The Morgan fingerprint density at radius 1 is 1.17 bits per heavy atom. The van der Waals surface area contributed by atoms with Crippen LogP contribution in [0.2, 0.25) is 0 Å². The van der Waals surface area contributed by atoms with Crippen molar-refractivity contribution in [1.82, 2.24) is 0 Å². The molecule has 5 heteroatoms. The van der Waals surface area contributed by atoms with Crippen LogP contribution < -0.4 is 10.6 Å². The van der Waals surface area contributed by atoms with Gasteiger partial charge in [-0.3, -0.25) is 9.59 Å². The quantitative estimate of drug-likeness (QED) is 0.607. The van der Waals surface area contributed by atoms with E-state index in [1.54, 1.807) is 0 Å². The Balaban J connectivity index is 2.05. The fourth-order valence-electron chi connectivity index (χ4n) is 2.87. The molecule has 1 aliphatic heterocycles. The first-order valence-electron chi connectivity index (χ1n) is 6.01. The Bertz CT molecular complexity index is 522. The van der Waals surface area contributed by atoms with E-state index in [2.05, 4.69) is 0 Å². The molecule has 2 bridgehead atoms. The lowest BCUT2D eigenvalue weighted by Crippen LogP contribution is -2.46. The van der Waals surface area contributed by atoms with E-state index in [0.29, 0.717) is 12.1 Å². The molecule has 94 valence electrons. The molecular weight excluding hydrogens is 235 g/mol. The number of hydrogen-bond acceptors (Lipinski definition) is 3. The summed E-state index contributed by atoms with van der Waals surface area (Å²) in [6, 6.07) is 3.74. The second kappa shape index (κ2) is 3.80. The molecule has 18 heavy (non-hydrogen) atoms. The predicted octanol–water partition coefficient (Wildman–Crippen LogP) is 1.70. The van der Waals surface area contributed by atoms with Gasteiger partial charge in [0.1, 0.15) is 5.82 Å². The standard InChI is InChI=1S/C13H13FN2O2/c14-9-3-4-11(10(15)6-9)16-12(17)7-1-2-8(5-7)13(16)18/h3-4,6-8H,1-2,5,15H2. The lowest BCUT2D eigenvalue weighted by molar-refractivity contribution is -0.132. The number of hydrogen-bond donors (Lipinski definition) is 1. The number of imide groups is 1. The van der Waals surface area contributed by atoms with Crippen LogP contribution in [0.4, 0.5) is 15.8 Å². The third-order valence-electron chi connectivity index (χ3n) is 3.80. The maximum absolute atomic E-state index is 13.0. The predicted molar refractivity (Wildman–Crippen MR) is 64.1 cm³/mol. The number of carbonyl (C=O) groups is 2. The Kier molecular flexibility index (Phi) is 2.36. The first-order valence-corrected chi connectivity index (χ1v) is 6.01. The van der Waals surface area contributed by atoms with Crippen LogP contribution in [0.1, 0.15) is 19.3 Å². The molecular formula is C13H13FN2O2. The molecule has 0 aromatic heterocycles.